The molecule has 1 aliphatic rings. The Bertz CT molecular complexity index is 581. The van der Waals surface area contributed by atoms with Crippen molar-refractivity contribution < 1.29 is 23.1 Å². The lowest BCUT2D eigenvalue weighted by Gasteiger charge is -2.35. The number of halogens is 2. The highest BCUT2D eigenvalue weighted by atomic mass is 19.3. The number of fused-ring (bicyclic) bond motifs is 1. The van der Waals surface area contributed by atoms with Crippen LogP contribution >= 0.6 is 0 Å². The van der Waals surface area contributed by atoms with Crippen molar-refractivity contribution in [3.63, 3.8) is 0 Å². The molecule has 0 N–H and O–H groups in total. The molecule has 0 spiro atoms. The third-order valence-corrected chi connectivity index (χ3v) is 3.44. The highest BCUT2D eigenvalue weighted by molar-refractivity contribution is 5.75. The molecule has 1 aliphatic heterocycles. The Morgan fingerprint density at radius 1 is 1.36 bits per heavy atom. The van der Waals surface area contributed by atoms with Gasteiger partial charge in [-0.3, -0.25) is 4.90 Å². The fraction of sp³-hybridized carbons (Fsp3) is 0.500. The van der Waals surface area contributed by atoms with E-state index in [0.717, 1.165) is 5.56 Å². The van der Waals surface area contributed by atoms with Gasteiger partial charge in [-0.15, -0.1) is 0 Å². The van der Waals surface area contributed by atoms with Crippen LogP contribution in [-0.4, -0.2) is 28.9 Å². The maximum Gasteiger partial charge on any atom is 0.411 e. The van der Waals surface area contributed by atoms with Crippen molar-refractivity contribution in [2.24, 2.45) is 0 Å². The first-order valence-corrected chi connectivity index (χ1v) is 7.06. The minimum Gasteiger partial charge on any atom is -0.444 e. The molecule has 0 radical (unpaired) electrons. The molecule has 4 nitrogen and oxygen atoms in total. The van der Waals surface area contributed by atoms with Gasteiger partial charge in [0.1, 0.15) is 11.9 Å². The van der Waals surface area contributed by atoms with E-state index in [0.29, 0.717) is 18.3 Å². The smallest absolute Gasteiger partial charge is 0.411 e. The molecule has 1 aromatic rings. The third kappa shape index (κ3) is 3.61. The van der Waals surface area contributed by atoms with Crippen LogP contribution in [0.5, 0.6) is 0 Å². The van der Waals surface area contributed by atoms with Crippen LogP contribution < -0.4 is 0 Å². The zero-order chi connectivity index (χ0) is 16.5. The number of amides is 1. The average Bonchev–Trinajstić information content (AvgIpc) is 2.43. The molecule has 0 fully saturated rings. The summed E-state index contributed by atoms with van der Waals surface area (Å²) in [6.07, 6.45) is -2.18. The molecule has 1 amide bonds. The van der Waals surface area contributed by atoms with Crippen molar-refractivity contribution in [1.82, 2.24) is 4.90 Å². The molecule has 0 saturated carbocycles. The molecule has 0 saturated heterocycles. The molecule has 0 bridgehead atoms. The predicted octanol–water partition coefficient (Wildman–Crippen LogP) is 3.48. The van der Waals surface area contributed by atoms with E-state index in [9.17, 15) is 18.4 Å². The highest BCUT2D eigenvalue weighted by Crippen LogP contribution is 2.28. The van der Waals surface area contributed by atoms with Crippen molar-refractivity contribution in [3.05, 3.63) is 34.9 Å². The van der Waals surface area contributed by atoms with Crippen LogP contribution in [0, 0.1) is 0 Å². The Morgan fingerprint density at radius 3 is 2.59 bits per heavy atom. The molecule has 2 rings (SSSR count). The van der Waals surface area contributed by atoms with E-state index in [-0.39, 0.29) is 12.1 Å². The summed E-state index contributed by atoms with van der Waals surface area (Å²) in [5.41, 5.74) is 0.658. The SMILES string of the molecule is CC(C)(C)OC(=O)N1Cc2cc(C(F)F)ccc2C[C@H]1C=O. The summed E-state index contributed by atoms with van der Waals surface area (Å²) in [5, 5.41) is 0. The fourth-order valence-corrected chi connectivity index (χ4v) is 2.41. The second-order valence-electron chi connectivity index (χ2n) is 6.34. The van der Waals surface area contributed by atoms with Gasteiger partial charge in [-0.05, 0) is 38.0 Å². The first kappa shape index (κ1) is 16.4. The fourth-order valence-electron chi connectivity index (χ4n) is 2.41. The lowest BCUT2D eigenvalue weighted by molar-refractivity contribution is -0.113. The summed E-state index contributed by atoms with van der Waals surface area (Å²) in [7, 11) is 0. The van der Waals surface area contributed by atoms with E-state index < -0.39 is 24.2 Å². The van der Waals surface area contributed by atoms with E-state index in [1.165, 1.54) is 17.0 Å². The van der Waals surface area contributed by atoms with Crippen LogP contribution in [0.3, 0.4) is 0 Å². The van der Waals surface area contributed by atoms with E-state index in [1.807, 2.05) is 0 Å². The second kappa shape index (κ2) is 6.02. The number of rotatable bonds is 2. The third-order valence-electron chi connectivity index (χ3n) is 3.44. The number of aldehydes is 1. The van der Waals surface area contributed by atoms with Crippen molar-refractivity contribution in [2.75, 3.05) is 0 Å². The summed E-state index contributed by atoms with van der Waals surface area (Å²) < 4.78 is 30.9. The highest BCUT2D eigenvalue weighted by Gasteiger charge is 2.33. The predicted molar refractivity (Wildman–Crippen MR) is 76.7 cm³/mol. The minimum absolute atomic E-state index is 0.0903. The van der Waals surface area contributed by atoms with Crippen molar-refractivity contribution in [3.8, 4) is 0 Å². The van der Waals surface area contributed by atoms with Crippen LogP contribution in [0.4, 0.5) is 13.6 Å². The van der Waals surface area contributed by atoms with Crippen molar-refractivity contribution in [2.45, 2.75) is 51.8 Å². The Kier molecular flexibility index (Phi) is 4.49. The van der Waals surface area contributed by atoms with Crippen LogP contribution in [0.25, 0.3) is 0 Å². The van der Waals surface area contributed by atoms with E-state index in [2.05, 4.69) is 0 Å². The zero-order valence-corrected chi connectivity index (χ0v) is 12.8. The van der Waals surface area contributed by atoms with Gasteiger partial charge in [0.05, 0.1) is 12.6 Å². The number of hydrogen-bond acceptors (Lipinski definition) is 3. The molecule has 0 aromatic heterocycles. The Labute approximate surface area is 128 Å². The van der Waals surface area contributed by atoms with Gasteiger partial charge in [0, 0.05) is 12.0 Å². The summed E-state index contributed by atoms with van der Waals surface area (Å²) in [5.74, 6) is 0. The van der Waals surface area contributed by atoms with Gasteiger partial charge in [0.2, 0.25) is 0 Å². The molecule has 1 aromatic carbocycles. The molecule has 22 heavy (non-hydrogen) atoms. The topological polar surface area (TPSA) is 46.6 Å². The maximum atomic E-state index is 12.8. The number of ether oxygens (including phenoxy) is 1. The summed E-state index contributed by atoms with van der Waals surface area (Å²) >= 11 is 0. The van der Waals surface area contributed by atoms with Crippen LogP contribution in [0.1, 0.15) is 43.9 Å². The Hall–Kier alpha value is -1.98. The van der Waals surface area contributed by atoms with Crippen LogP contribution in [0.15, 0.2) is 18.2 Å². The molecule has 6 heteroatoms. The Balaban J connectivity index is 2.28. The number of carbonyl (C=O) groups is 2. The summed E-state index contributed by atoms with van der Waals surface area (Å²) in [6.45, 7) is 5.28. The average molecular weight is 311 g/mol. The monoisotopic (exact) mass is 311 g/mol. The first-order valence-electron chi connectivity index (χ1n) is 7.06. The zero-order valence-electron chi connectivity index (χ0n) is 12.8. The second-order valence-corrected chi connectivity index (χ2v) is 6.34. The molecule has 0 unspecified atom stereocenters. The van der Waals surface area contributed by atoms with Gasteiger partial charge in [-0.25, -0.2) is 13.6 Å². The van der Waals surface area contributed by atoms with E-state index in [4.69, 9.17) is 4.74 Å². The quantitative estimate of drug-likeness (QED) is 0.786. The van der Waals surface area contributed by atoms with Crippen LogP contribution in [-0.2, 0) is 22.5 Å². The van der Waals surface area contributed by atoms with Gasteiger partial charge in [-0.2, -0.15) is 0 Å². The molecule has 120 valence electrons. The van der Waals surface area contributed by atoms with Gasteiger partial charge in [0.25, 0.3) is 6.43 Å². The van der Waals surface area contributed by atoms with Gasteiger partial charge >= 0.3 is 6.09 Å². The number of alkyl halides is 2. The minimum atomic E-state index is -2.57. The molecule has 0 aliphatic carbocycles. The van der Waals surface area contributed by atoms with Crippen molar-refractivity contribution in [1.29, 1.82) is 0 Å². The molecule has 1 heterocycles. The lowest BCUT2D eigenvalue weighted by Crippen LogP contribution is -2.47. The summed E-state index contributed by atoms with van der Waals surface area (Å²) in [6, 6.07) is 3.70. The first-order chi connectivity index (χ1) is 10.2. The van der Waals surface area contributed by atoms with Crippen LogP contribution in [0.2, 0.25) is 0 Å². The molecular weight excluding hydrogens is 292 g/mol. The number of nitrogens with zero attached hydrogens (tertiary/aromatic N) is 1. The Morgan fingerprint density at radius 2 is 2.05 bits per heavy atom. The number of benzene rings is 1. The maximum absolute atomic E-state index is 12.8. The molecular formula is C16H19F2NO3. The van der Waals surface area contributed by atoms with Gasteiger partial charge in [-0.1, -0.05) is 12.1 Å². The van der Waals surface area contributed by atoms with Gasteiger partial charge < -0.3 is 9.53 Å². The lowest BCUT2D eigenvalue weighted by atomic mass is 9.93. The largest absolute Gasteiger partial charge is 0.444 e. The van der Waals surface area contributed by atoms with Gasteiger partial charge in [0.15, 0.2) is 0 Å². The normalized spacial score (nSPS) is 18.1. The standard InChI is InChI=1S/C16H19F2NO3/c1-16(2,3)22-15(21)19-8-12-6-11(14(17)18)5-4-10(12)7-13(19)9-20/h4-6,9,13-14H,7-8H2,1-3H3/t13-/m0/s1. The van der Waals surface area contributed by atoms with E-state index in [1.54, 1.807) is 26.8 Å². The number of hydrogen-bond donors (Lipinski definition) is 0. The van der Waals surface area contributed by atoms with E-state index >= 15 is 0 Å². The molecule has 1 atom stereocenters. The van der Waals surface area contributed by atoms with Crippen molar-refractivity contribution >= 4 is 12.4 Å². The number of carbonyl (C=O) groups excluding carboxylic acids is 2. The summed E-state index contributed by atoms with van der Waals surface area (Å²) in [4.78, 5) is 24.8.